The number of aliphatic carboxylic acids is 1. The highest BCUT2D eigenvalue weighted by atomic mass is 35.5. The van der Waals surface area contributed by atoms with Crippen molar-refractivity contribution in [2.45, 2.75) is 0 Å². The molecule has 1 saturated heterocycles. The van der Waals surface area contributed by atoms with E-state index in [1.165, 1.54) is 4.90 Å². The smallest absolute Gasteiger partial charge is 0.415 e. The van der Waals surface area contributed by atoms with Gasteiger partial charge in [0, 0.05) is 13.1 Å². The van der Waals surface area contributed by atoms with E-state index in [1.807, 2.05) is 30.3 Å². The van der Waals surface area contributed by atoms with Crippen LogP contribution in [0.2, 0.25) is 5.02 Å². The molecule has 0 unspecified atom stereocenters. The number of likely N-dealkylation sites (tertiary alicyclic amines) is 1. The molecule has 1 amide bonds. The number of carboxylic acid groups (broad SMARTS) is 1. The lowest BCUT2D eigenvalue weighted by Gasteiger charge is -2.45. The monoisotopic (exact) mass is 441 g/mol. The zero-order valence-electron chi connectivity index (χ0n) is 16.7. The molecule has 0 aliphatic carbocycles. The van der Waals surface area contributed by atoms with Crippen LogP contribution >= 0.6 is 11.6 Å². The van der Waals surface area contributed by atoms with Gasteiger partial charge < -0.3 is 24.2 Å². The lowest BCUT2D eigenvalue weighted by atomic mass is 9.81. The maximum absolute atomic E-state index is 12.3. The molecule has 0 radical (unpaired) electrons. The normalized spacial score (nSPS) is 14.6. The third-order valence-electron chi connectivity index (χ3n) is 5.27. The number of carbonyl (C=O) groups is 2. The second kappa shape index (κ2) is 8.35. The topological polar surface area (TPSA) is 85.3 Å². The number of fused-ring (bicyclic) bond motifs is 1. The molecule has 1 N–H and O–H groups in total. The zero-order chi connectivity index (χ0) is 22.0. The minimum Gasteiger partial charge on any atom is -0.497 e. The first kappa shape index (κ1) is 20.8. The van der Waals surface area contributed by atoms with Crippen molar-refractivity contribution in [3.05, 3.63) is 65.7 Å². The van der Waals surface area contributed by atoms with E-state index in [4.69, 9.17) is 25.8 Å². The number of carboxylic acids is 1. The van der Waals surface area contributed by atoms with Gasteiger partial charge in [0.15, 0.2) is 5.75 Å². The molecule has 7 nitrogen and oxygen atoms in total. The van der Waals surface area contributed by atoms with Gasteiger partial charge in [-0.3, -0.25) is 4.79 Å². The quantitative estimate of drug-likeness (QED) is 0.607. The molecule has 3 aromatic carbocycles. The first-order chi connectivity index (χ1) is 14.9. The molecule has 4 rings (SSSR count). The van der Waals surface area contributed by atoms with Crippen LogP contribution in [0.5, 0.6) is 17.2 Å². The summed E-state index contributed by atoms with van der Waals surface area (Å²) in [5.41, 5.74) is -1.20. The molecule has 0 aromatic heterocycles. The summed E-state index contributed by atoms with van der Waals surface area (Å²) in [5.74, 6) is 0.505. The highest BCUT2D eigenvalue weighted by Gasteiger charge is 2.53. The molecule has 1 aliphatic heterocycles. The Balaban J connectivity index is 1.40. The number of hydrogen-bond acceptors (Lipinski definition) is 5. The molecule has 31 heavy (non-hydrogen) atoms. The molecule has 0 atom stereocenters. The summed E-state index contributed by atoms with van der Waals surface area (Å²) in [7, 11) is 1.61. The average molecular weight is 442 g/mol. The van der Waals surface area contributed by atoms with Crippen LogP contribution in [0, 0.1) is 5.41 Å². The van der Waals surface area contributed by atoms with E-state index >= 15 is 0 Å². The van der Waals surface area contributed by atoms with Gasteiger partial charge in [0.05, 0.1) is 12.1 Å². The first-order valence-electron chi connectivity index (χ1n) is 9.55. The number of rotatable bonds is 6. The van der Waals surface area contributed by atoms with Crippen LogP contribution in [0.3, 0.4) is 0 Å². The Morgan fingerprint density at radius 2 is 1.68 bits per heavy atom. The summed E-state index contributed by atoms with van der Waals surface area (Å²) in [4.78, 5) is 25.5. The predicted octanol–water partition coefficient (Wildman–Crippen LogP) is 4.47. The molecule has 0 bridgehead atoms. The molecule has 1 fully saturated rings. The van der Waals surface area contributed by atoms with Crippen LogP contribution in [0.4, 0.5) is 4.79 Å². The van der Waals surface area contributed by atoms with Gasteiger partial charge in [0.2, 0.25) is 0 Å². The van der Waals surface area contributed by atoms with E-state index in [0.29, 0.717) is 10.8 Å². The Bertz CT molecular complexity index is 1140. The molecule has 0 saturated carbocycles. The van der Waals surface area contributed by atoms with Gasteiger partial charge in [0.25, 0.3) is 0 Å². The number of benzene rings is 3. The van der Waals surface area contributed by atoms with Crippen LogP contribution in [-0.4, -0.2) is 48.9 Å². The van der Waals surface area contributed by atoms with E-state index in [0.717, 1.165) is 16.5 Å². The van der Waals surface area contributed by atoms with E-state index in [1.54, 1.807) is 37.4 Å². The summed E-state index contributed by atoms with van der Waals surface area (Å²) < 4.78 is 16.3. The van der Waals surface area contributed by atoms with Gasteiger partial charge in [-0.1, -0.05) is 35.9 Å². The standard InChI is InChI=1S/C23H20ClNO6/c1-29-17-8-6-16-11-18(9-7-15(16)10-17)30-14-23(21(26)27)12-25(13-23)22(28)31-20-5-3-2-4-19(20)24/h2-11H,12-14H2,1H3,(H,26,27). The highest BCUT2D eigenvalue weighted by molar-refractivity contribution is 6.32. The molecule has 8 heteroatoms. The van der Waals surface area contributed by atoms with Crippen molar-refractivity contribution in [3.63, 3.8) is 0 Å². The summed E-state index contributed by atoms with van der Waals surface area (Å²) in [6.45, 7) is -0.104. The van der Waals surface area contributed by atoms with E-state index in [2.05, 4.69) is 0 Å². The van der Waals surface area contributed by atoms with Crippen LogP contribution in [-0.2, 0) is 4.79 Å². The summed E-state index contributed by atoms with van der Waals surface area (Å²) in [5, 5.41) is 12.0. The zero-order valence-corrected chi connectivity index (χ0v) is 17.5. The number of hydrogen-bond donors (Lipinski definition) is 1. The lowest BCUT2D eigenvalue weighted by Crippen LogP contribution is -2.65. The first-order valence-corrected chi connectivity index (χ1v) is 9.93. The van der Waals surface area contributed by atoms with Gasteiger partial charge in [-0.2, -0.15) is 0 Å². The molecule has 3 aromatic rings. The SMILES string of the molecule is COc1ccc2cc(OCC3(C(=O)O)CN(C(=O)Oc4ccccc4Cl)C3)ccc2c1. The Hall–Kier alpha value is -3.45. The van der Waals surface area contributed by atoms with Crippen LogP contribution in [0.1, 0.15) is 0 Å². The Morgan fingerprint density at radius 3 is 2.32 bits per heavy atom. The van der Waals surface area contributed by atoms with Crippen molar-refractivity contribution >= 4 is 34.4 Å². The molecular weight excluding hydrogens is 422 g/mol. The molecule has 160 valence electrons. The number of nitrogens with zero attached hydrogens (tertiary/aromatic N) is 1. The van der Waals surface area contributed by atoms with E-state index in [-0.39, 0.29) is 25.4 Å². The predicted molar refractivity (Wildman–Crippen MR) is 115 cm³/mol. The highest BCUT2D eigenvalue weighted by Crippen LogP contribution is 2.34. The van der Waals surface area contributed by atoms with Gasteiger partial charge in [-0.25, -0.2) is 4.79 Å². The number of halogens is 1. The summed E-state index contributed by atoms with van der Waals surface area (Å²) in [6.07, 6.45) is -0.648. The minimum atomic E-state index is -1.20. The minimum absolute atomic E-state index is 0.0175. The number of ether oxygens (including phenoxy) is 3. The second-order valence-electron chi connectivity index (χ2n) is 7.40. The Kier molecular flexibility index (Phi) is 5.61. The maximum atomic E-state index is 12.3. The third-order valence-corrected chi connectivity index (χ3v) is 5.58. The van der Waals surface area contributed by atoms with Crippen LogP contribution in [0.25, 0.3) is 10.8 Å². The number of carbonyl (C=O) groups excluding carboxylic acids is 1. The van der Waals surface area contributed by atoms with E-state index < -0.39 is 17.5 Å². The van der Waals surface area contributed by atoms with Crippen molar-refractivity contribution in [3.8, 4) is 17.2 Å². The summed E-state index contributed by atoms with van der Waals surface area (Å²) in [6, 6.07) is 17.8. The summed E-state index contributed by atoms with van der Waals surface area (Å²) >= 11 is 6.00. The fraction of sp³-hybridized carbons (Fsp3) is 0.217. The van der Waals surface area contributed by atoms with Gasteiger partial charge in [0.1, 0.15) is 23.5 Å². The van der Waals surface area contributed by atoms with Gasteiger partial charge in [-0.05, 0) is 47.2 Å². The fourth-order valence-corrected chi connectivity index (χ4v) is 3.60. The average Bonchev–Trinajstić information content (AvgIpc) is 2.73. The molecular formula is C23H20ClNO6. The van der Waals surface area contributed by atoms with Crippen molar-refractivity contribution < 1.29 is 28.9 Å². The number of amides is 1. The van der Waals surface area contributed by atoms with Crippen LogP contribution < -0.4 is 14.2 Å². The Morgan fingerprint density at radius 1 is 1.03 bits per heavy atom. The third kappa shape index (κ3) is 4.22. The van der Waals surface area contributed by atoms with Crippen molar-refractivity contribution in [1.29, 1.82) is 0 Å². The van der Waals surface area contributed by atoms with Crippen molar-refractivity contribution in [1.82, 2.24) is 4.90 Å². The van der Waals surface area contributed by atoms with Gasteiger partial charge in [-0.15, -0.1) is 0 Å². The van der Waals surface area contributed by atoms with Gasteiger partial charge >= 0.3 is 12.1 Å². The van der Waals surface area contributed by atoms with Crippen molar-refractivity contribution in [2.24, 2.45) is 5.41 Å². The maximum Gasteiger partial charge on any atom is 0.415 e. The molecule has 0 spiro atoms. The van der Waals surface area contributed by atoms with Crippen LogP contribution in [0.15, 0.2) is 60.7 Å². The van der Waals surface area contributed by atoms with Crippen molar-refractivity contribution in [2.75, 3.05) is 26.8 Å². The molecule has 1 heterocycles. The number of methoxy groups -OCH3 is 1. The lowest BCUT2D eigenvalue weighted by molar-refractivity contribution is -0.161. The molecule has 1 aliphatic rings. The fourth-order valence-electron chi connectivity index (χ4n) is 3.43. The second-order valence-corrected chi connectivity index (χ2v) is 7.81. The number of para-hydroxylation sites is 1. The Labute approximate surface area is 183 Å². The largest absolute Gasteiger partial charge is 0.497 e. The van der Waals surface area contributed by atoms with E-state index in [9.17, 15) is 14.7 Å².